The van der Waals surface area contributed by atoms with Gasteiger partial charge >= 0.3 is 0 Å². The number of rotatable bonds is 0. The summed E-state index contributed by atoms with van der Waals surface area (Å²) in [5.41, 5.74) is 2.71. The van der Waals surface area contributed by atoms with Gasteiger partial charge in [-0.25, -0.2) is 0 Å². The largest absolute Gasteiger partial charge is 0.387 e. The fourth-order valence-corrected chi connectivity index (χ4v) is 1.40. The first-order valence-electron chi connectivity index (χ1n) is 3.76. The molecule has 0 aromatic rings. The van der Waals surface area contributed by atoms with E-state index in [0.717, 1.165) is 13.1 Å². The van der Waals surface area contributed by atoms with Crippen molar-refractivity contribution in [2.75, 3.05) is 13.1 Å². The summed E-state index contributed by atoms with van der Waals surface area (Å²) in [7, 11) is 0. The summed E-state index contributed by atoms with van der Waals surface area (Å²) in [6, 6.07) is 0. The van der Waals surface area contributed by atoms with Crippen LogP contribution in [0.25, 0.3) is 0 Å². The molecule has 0 spiro atoms. The monoisotopic (exact) mass is 135 g/mol. The van der Waals surface area contributed by atoms with Gasteiger partial charge in [0.1, 0.15) is 0 Å². The van der Waals surface area contributed by atoms with Gasteiger partial charge in [-0.2, -0.15) is 0 Å². The highest BCUT2D eigenvalue weighted by molar-refractivity contribution is 5.29. The molecule has 10 heavy (non-hydrogen) atoms. The minimum Gasteiger partial charge on any atom is -0.387 e. The average Bonchev–Trinajstić information content (AvgIpc) is 2.05. The molecule has 0 bridgehead atoms. The predicted molar refractivity (Wildman–Crippen MR) is 40.4 cm³/mol. The Morgan fingerprint density at radius 3 is 3.40 bits per heavy atom. The van der Waals surface area contributed by atoms with Crippen LogP contribution in [-0.2, 0) is 0 Å². The van der Waals surface area contributed by atoms with Crippen molar-refractivity contribution < 1.29 is 0 Å². The van der Waals surface area contributed by atoms with E-state index in [-0.39, 0.29) is 0 Å². The van der Waals surface area contributed by atoms with Crippen molar-refractivity contribution in [3.05, 3.63) is 23.5 Å². The minimum absolute atomic E-state index is 1.01. The SMILES string of the molecule is C1=CC2=C(CCC[N]2)CN1. The van der Waals surface area contributed by atoms with Gasteiger partial charge in [0.05, 0.1) is 5.70 Å². The number of hydrogen-bond acceptors (Lipinski definition) is 1. The van der Waals surface area contributed by atoms with E-state index in [9.17, 15) is 0 Å². The van der Waals surface area contributed by atoms with Crippen LogP contribution in [0.4, 0.5) is 0 Å². The number of hydrogen-bond donors (Lipinski definition) is 1. The van der Waals surface area contributed by atoms with Crippen LogP contribution in [-0.4, -0.2) is 13.1 Å². The Kier molecular flexibility index (Phi) is 1.38. The van der Waals surface area contributed by atoms with Gasteiger partial charge < -0.3 is 5.32 Å². The first-order chi connectivity index (χ1) is 4.97. The van der Waals surface area contributed by atoms with Gasteiger partial charge in [0, 0.05) is 13.1 Å². The third kappa shape index (κ3) is 0.897. The summed E-state index contributed by atoms with van der Waals surface area (Å²) in [6.45, 7) is 2.03. The van der Waals surface area contributed by atoms with E-state index in [0.29, 0.717) is 0 Å². The lowest BCUT2D eigenvalue weighted by Crippen LogP contribution is -2.23. The quantitative estimate of drug-likeness (QED) is 0.521. The maximum absolute atomic E-state index is 4.40. The third-order valence-electron chi connectivity index (χ3n) is 1.96. The number of nitrogens with one attached hydrogen (secondary N) is 1. The van der Waals surface area contributed by atoms with Crippen LogP contribution in [0.15, 0.2) is 23.5 Å². The highest BCUT2D eigenvalue weighted by atomic mass is 14.9. The van der Waals surface area contributed by atoms with E-state index in [1.54, 1.807) is 0 Å². The summed E-state index contributed by atoms with van der Waals surface area (Å²) in [5.74, 6) is 0. The van der Waals surface area contributed by atoms with Crippen LogP contribution < -0.4 is 10.6 Å². The Bertz CT molecular complexity index is 191. The first-order valence-corrected chi connectivity index (χ1v) is 3.76. The van der Waals surface area contributed by atoms with Crippen LogP contribution in [0.3, 0.4) is 0 Å². The zero-order chi connectivity index (χ0) is 6.81. The van der Waals surface area contributed by atoms with Crippen molar-refractivity contribution in [3.63, 3.8) is 0 Å². The Morgan fingerprint density at radius 1 is 1.50 bits per heavy atom. The zero-order valence-corrected chi connectivity index (χ0v) is 5.93. The van der Waals surface area contributed by atoms with E-state index in [1.165, 1.54) is 24.1 Å². The molecule has 0 saturated heterocycles. The second kappa shape index (κ2) is 2.37. The number of nitrogens with zero attached hydrogens (tertiary/aromatic N) is 1. The second-order valence-electron chi connectivity index (χ2n) is 2.69. The van der Waals surface area contributed by atoms with E-state index in [4.69, 9.17) is 0 Å². The maximum atomic E-state index is 4.40. The molecule has 0 fully saturated rings. The molecule has 0 saturated carbocycles. The van der Waals surface area contributed by atoms with Crippen LogP contribution in [0.1, 0.15) is 12.8 Å². The van der Waals surface area contributed by atoms with Gasteiger partial charge in [0.2, 0.25) is 0 Å². The topological polar surface area (TPSA) is 26.1 Å². The zero-order valence-electron chi connectivity index (χ0n) is 5.93. The van der Waals surface area contributed by atoms with Crippen molar-refractivity contribution in [2.24, 2.45) is 0 Å². The van der Waals surface area contributed by atoms with E-state index in [2.05, 4.69) is 16.7 Å². The van der Waals surface area contributed by atoms with Crippen LogP contribution in [0.5, 0.6) is 0 Å². The summed E-state index contributed by atoms with van der Waals surface area (Å²) in [5, 5.41) is 7.59. The fourth-order valence-electron chi connectivity index (χ4n) is 1.40. The molecule has 2 aliphatic rings. The summed E-state index contributed by atoms with van der Waals surface area (Å²) < 4.78 is 0. The molecule has 0 amide bonds. The number of allylic oxidation sites excluding steroid dienone is 1. The van der Waals surface area contributed by atoms with Crippen LogP contribution >= 0.6 is 0 Å². The maximum Gasteiger partial charge on any atom is 0.0598 e. The molecule has 2 aliphatic heterocycles. The molecule has 2 heterocycles. The molecular weight excluding hydrogens is 124 g/mol. The fraction of sp³-hybridized carbons (Fsp3) is 0.500. The van der Waals surface area contributed by atoms with Crippen molar-refractivity contribution in [1.29, 1.82) is 0 Å². The van der Waals surface area contributed by atoms with Crippen molar-refractivity contribution in [1.82, 2.24) is 10.6 Å². The number of dihydropyridines is 1. The van der Waals surface area contributed by atoms with Gasteiger partial charge in [-0.05, 0) is 30.7 Å². The van der Waals surface area contributed by atoms with Crippen LogP contribution in [0, 0.1) is 0 Å². The molecule has 2 nitrogen and oxygen atoms in total. The van der Waals surface area contributed by atoms with Gasteiger partial charge in [-0.3, -0.25) is 5.32 Å². The summed E-state index contributed by atoms with van der Waals surface area (Å²) in [6.07, 6.45) is 6.51. The van der Waals surface area contributed by atoms with E-state index < -0.39 is 0 Å². The predicted octanol–water partition coefficient (Wildman–Crippen LogP) is 0.756. The highest BCUT2D eigenvalue weighted by Crippen LogP contribution is 2.17. The molecule has 1 radical (unpaired) electrons. The Balaban J connectivity index is 2.23. The molecule has 0 atom stereocenters. The van der Waals surface area contributed by atoms with E-state index in [1.807, 2.05) is 6.20 Å². The third-order valence-corrected chi connectivity index (χ3v) is 1.96. The van der Waals surface area contributed by atoms with Gasteiger partial charge in [0.25, 0.3) is 0 Å². The van der Waals surface area contributed by atoms with Gasteiger partial charge in [-0.15, -0.1) is 0 Å². The smallest absolute Gasteiger partial charge is 0.0598 e. The molecule has 0 aromatic carbocycles. The molecule has 1 N–H and O–H groups in total. The Morgan fingerprint density at radius 2 is 2.50 bits per heavy atom. The molecule has 0 aliphatic carbocycles. The van der Waals surface area contributed by atoms with Crippen LogP contribution in [0.2, 0.25) is 0 Å². The minimum atomic E-state index is 1.01. The normalized spacial score (nSPS) is 23.2. The highest BCUT2D eigenvalue weighted by Gasteiger charge is 2.12. The molecule has 2 heteroatoms. The van der Waals surface area contributed by atoms with E-state index >= 15 is 0 Å². The van der Waals surface area contributed by atoms with Crippen molar-refractivity contribution >= 4 is 0 Å². The molecule has 2 rings (SSSR count). The molecule has 53 valence electrons. The van der Waals surface area contributed by atoms with Gasteiger partial charge in [-0.1, -0.05) is 0 Å². The van der Waals surface area contributed by atoms with Crippen molar-refractivity contribution in [3.8, 4) is 0 Å². The lowest BCUT2D eigenvalue weighted by Gasteiger charge is -2.20. The first kappa shape index (κ1) is 5.83. The molecule has 0 unspecified atom stereocenters. The Labute approximate surface area is 61.0 Å². The van der Waals surface area contributed by atoms with Gasteiger partial charge in [0.15, 0.2) is 0 Å². The molecule has 0 aromatic heterocycles. The lowest BCUT2D eigenvalue weighted by molar-refractivity contribution is 0.636. The summed E-state index contributed by atoms with van der Waals surface area (Å²) in [4.78, 5) is 0. The molecular formula is C8H11N2. The Hall–Kier alpha value is -0.920. The second-order valence-corrected chi connectivity index (χ2v) is 2.69. The lowest BCUT2D eigenvalue weighted by atomic mass is 10.0. The summed E-state index contributed by atoms with van der Waals surface area (Å²) >= 11 is 0. The standard InChI is InChI=1S/C8H11N2/c1-2-7-6-9-5-3-8(7)10-4-1/h3,5,9H,1-2,4,6H2. The average molecular weight is 135 g/mol. The van der Waals surface area contributed by atoms with Crippen molar-refractivity contribution in [2.45, 2.75) is 12.8 Å².